The molecule has 0 aliphatic carbocycles. The predicted molar refractivity (Wildman–Crippen MR) is 52.2 cm³/mol. The average molecular weight is 171 g/mol. The Balaban J connectivity index is 2.39. The van der Waals surface area contributed by atoms with Gasteiger partial charge in [-0.3, -0.25) is 4.90 Å². The number of piperazine rings is 1. The molecule has 0 aromatic heterocycles. The number of hydrogen-bond acceptors (Lipinski definition) is 3. The third-order valence-electron chi connectivity index (χ3n) is 2.25. The monoisotopic (exact) mass is 171 g/mol. The summed E-state index contributed by atoms with van der Waals surface area (Å²) in [5, 5.41) is 3.37. The van der Waals surface area contributed by atoms with Crippen LogP contribution in [0.3, 0.4) is 0 Å². The quantitative estimate of drug-likeness (QED) is 0.615. The summed E-state index contributed by atoms with van der Waals surface area (Å²) in [5.74, 6) is 0. The Kier molecular flexibility index (Phi) is 3.09. The van der Waals surface area contributed by atoms with E-state index >= 15 is 0 Å². The van der Waals surface area contributed by atoms with E-state index in [2.05, 4.69) is 31.0 Å². The van der Waals surface area contributed by atoms with Gasteiger partial charge in [-0.25, -0.2) is 0 Å². The van der Waals surface area contributed by atoms with Crippen molar-refractivity contribution in [2.75, 3.05) is 26.2 Å². The molecule has 0 spiro atoms. The molecular weight excluding hydrogens is 150 g/mol. The molecule has 0 bridgehead atoms. The van der Waals surface area contributed by atoms with Crippen molar-refractivity contribution in [1.29, 1.82) is 0 Å². The van der Waals surface area contributed by atoms with E-state index in [1.807, 2.05) is 0 Å². The molecule has 1 saturated heterocycles. The van der Waals surface area contributed by atoms with E-state index in [9.17, 15) is 0 Å². The van der Waals surface area contributed by atoms with Crippen molar-refractivity contribution in [3.63, 3.8) is 0 Å². The minimum atomic E-state index is -0.0639. The van der Waals surface area contributed by atoms with Gasteiger partial charge in [-0.1, -0.05) is 0 Å². The summed E-state index contributed by atoms with van der Waals surface area (Å²) in [4.78, 5) is 2.45. The first-order chi connectivity index (χ1) is 5.49. The third-order valence-corrected chi connectivity index (χ3v) is 2.25. The second-order valence-corrected chi connectivity index (χ2v) is 4.51. The van der Waals surface area contributed by atoms with Gasteiger partial charge in [0.2, 0.25) is 0 Å². The Morgan fingerprint density at radius 3 is 2.75 bits per heavy atom. The highest BCUT2D eigenvalue weighted by atomic mass is 15.2. The molecule has 1 atom stereocenters. The fraction of sp³-hybridized carbons (Fsp3) is 1.00. The van der Waals surface area contributed by atoms with Gasteiger partial charge in [-0.05, 0) is 20.8 Å². The van der Waals surface area contributed by atoms with Crippen molar-refractivity contribution in [3.05, 3.63) is 0 Å². The lowest BCUT2D eigenvalue weighted by molar-refractivity contribution is 0.145. The second kappa shape index (κ2) is 3.73. The van der Waals surface area contributed by atoms with Crippen molar-refractivity contribution >= 4 is 0 Å². The zero-order valence-electron chi connectivity index (χ0n) is 8.43. The molecule has 3 N–H and O–H groups in total. The van der Waals surface area contributed by atoms with Crippen LogP contribution in [0.2, 0.25) is 0 Å². The largest absolute Gasteiger partial charge is 0.324 e. The van der Waals surface area contributed by atoms with Crippen LogP contribution in [0.1, 0.15) is 20.8 Å². The van der Waals surface area contributed by atoms with E-state index in [0.717, 1.165) is 26.2 Å². The second-order valence-electron chi connectivity index (χ2n) is 4.51. The maximum absolute atomic E-state index is 5.97. The Bertz CT molecular complexity index is 139. The Hall–Kier alpha value is -0.120. The van der Waals surface area contributed by atoms with Crippen LogP contribution in [0.5, 0.6) is 0 Å². The zero-order valence-corrected chi connectivity index (χ0v) is 8.43. The third kappa shape index (κ3) is 3.09. The topological polar surface area (TPSA) is 41.3 Å². The van der Waals surface area contributed by atoms with Crippen LogP contribution in [0.25, 0.3) is 0 Å². The normalized spacial score (nSPS) is 27.5. The van der Waals surface area contributed by atoms with Gasteiger partial charge >= 0.3 is 0 Å². The molecule has 0 amide bonds. The summed E-state index contributed by atoms with van der Waals surface area (Å²) in [5.41, 5.74) is 5.90. The number of nitrogens with two attached hydrogens (primary N) is 1. The van der Waals surface area contributed by atoms with Crippen molar-refractivity contribution in [3.8, 4) is 0 Å². The maximum Gasteiger partial charge on any atom is 0.0226 e. The van der Waals surface area contributed by atoms with Crippen molar-refractivity contribution in [2.24, 2.45) is 5.73 Å². The van der Waals surface area contributed by atoms with Crippen LogP contribution >= 0.6 is 0 Å². The van der Waals surface area contributed by atoms with E-state index in [1.54, 1.807) is 0 Å². The minimum Gasteiger partial charge on any atom is -0.324 e. The fourth-order valence-electron chi connectivity index (χ4n) is 1.64. The summed E-state index contributed by atoms with van der Waals surface area (Å²) >= 11 is 0. The summed E-state index contributed by atoms with van der Waals surface area (Å²) in [6, 6.07) is 0.626. The van der Waals surface area contributed by atoms with Crippen molar-refractivity contribution in [1.82, 2.24) is 10.2 Å². The smallest absolute Gasteiger partial charge is 0.0226 e. The lowest BCUT2D eigenvalue weighted by Crippen LogP contribution is -2.55. The van der Waals surface area contributed by atoms with Gasteiger partial charge < -0.3 is 11.1 Å². The zero-order chi connectivity index (χ0) is 9.19. The number of nitrogens with one attached hydrogen (secondary N) is 1. The Labute approximate surface area is 75.3 Å². The highest BCUT2D eigenvalue weighted by Gasteiger charge is 2.22. The van der Waals surface area contributed by atoms with Crippen molar-refractivity contribution < 1.29 is 0 Å². The summed E-state index contributed by atoms with van der Waals surface area (Å²) in [6.07, 6.45) is 0. The Morgan fingerprint density at radius 1 is 1.58 bits per heavy atom. The number of hydrogen-bond donors (Lipinski definition) is 2. The molecule has 3 nitrogen and oxygen atoms in total. The first kappa shape index (κ1) is 9.96. The van der Waals surface area contributed by atoms with Crippen LogP contribution in [0.4, 0.5) is 0 Å². The molecule has 3 heteroatoms. The Morgan fingerprint density at radius 2 is 2.25 bits per heavy atom. The maximum atomic E-state index is 5.97. The van der Waals surface area contributed by atoms with Gasteiger partial charge in [-0.2, -0.15) is 0 Å². The lowest BCUT2D eigenvalue weighted by Gasteiger charge is -2.37. The van der Waals surface area contributed by atoms with Gasteiger partial charge in [0.05, 0.1) is 0 Å². The molecule has 1 fully saturated rings. The SMILES string of the molecule is CC1CNCCN1CC(C)(C)N. The van der Waals surface area contributed by atoms with E-state index in [4.69, 9.17) is 5.73 Å². The van der Waals surface area contributed by atoms with Crippen LogP contribution < -0.4 is 11.1 Å². The van der Waals surface area contributed by atoms with Crippen LogP contribution in [-0.2, 0) is 0 Å². The summed E-state index contributed by atoms with van der Waals surface area (Å²) < 4.78 is 0. The molecule has 0 aromatic rings. The van der Waals surface area contributed by atoms with Gasteiger partial charge in [0.1, 0.15) is 0 Å². The van der Waals surface area contributed by atoms with Gasteiger partial charge in [0.25, 0.3) is 0 Å². The molecule has 1 aliphatic heterocycles. The summed E-state index contributed by atoms with van der Waals surface area (Å²) in [6.45, 7) is 10.7. The molecular formula is C9H21N3. The molecule has 1 unspecified atom stereocenters. The van der Waals surface area contributed by atoms with Gasteiger partial charge in [0, 0.05) is 37.8 Å². The molecule has 0 aromatic carbocycles. The van der Waals surface area contributed by atoms with Crippen LogP contribution in [0.15, 0.2) is 0 Å². The predicted octanol–water partition coefficient (Wildman–Crippen LogP) is 0.0174. The molecule has 72 valence electrons. The van der Waals surface area contributed by atoms with Crippen molar-refractivity contribution in [2.45, 2.75) is 32.4 Å². The minimum absolute atomic E-state index is 0.0639. The van der Waals surface area contributed by atoms with E-state index in [0.29, 0.717) is 6.04 Å². The fourth-order valence-corrected chi connectivity index (χ4v) is 1.64. The molecule has 0 saturated carbocycles. The first-order valence-electron chi connectivity index (χ1n) is 4.73. The highest BCUT2D eigenvalue weighted by Crippen LogP contribution is 2.07. The first-order valence-corrected chi connectivity index (χ1v) is 4.73. The van der Waals surface area contributed by atoms with Crippen LogP contribution in [-0.4, -0.2) is 42.7 Å². The molecule has 1 heterocycles. The molecule has 1 aliphatic rings. The molecule has 12 heavy (non-hydrogen) atoms. The lowest BCUT2D eigenvalue weighted by atomic mass is 10.0. The van der Waals surface area contributed by atoms with Crippen LogP contribution in [0, 0.1) is 0 Å². The van der Waals surface area contributed by atoms with Gasteiger partial charge in [0.15, 0.2) is 0 Å². The molecule has 0 radical (unpaired) electrons. The number of nitrogens with zero attached hydrogens (tertiary/aromatic N) is 1. The van der Waals surface area contributed by atoms with E-state index < -0.39 is 0 Å². The molecule has 1 rings (SSSR count). The highest BCUT2D eigenvalue weighted by molar-refractivity contribution is 4.83. The summed E-state index contributed by atoms with van der Waals surface area (Å²) in [7, 11) is 0. The number of rotatable bonds is 2. The van der Waals surface area contributed by atoms with Gasteiger partial charge in [-0.15, -0.1) is 0 Å². The standard InChI is InChI=1S/C9H21N3/c1-8-6-11-4-5-12(8)7-9(2,3)10/h8,11H,4-7,10H2,1-3H3. The average Bonchev–Trinajstić information content (AvgIpc) is 1.91. The van der Waals surface area contributed by atoms with E-state index in [-0.39, 0.29) is 5.54 Å². The van der Waals surface area contributed by atoms with E-state index in [1.165, 1.54) is 0 Å².